The van der Waals surface area contributed by atoms with Gasteiger partial charge in [0, 0.05) is 29.9 Å². The van der Waals surface area contributed by atoms with Gasteiger partial charge in [0.15, 0.2) is 15.5 Å². The summed E-state index contributed by atoms with van der Waals surface area (Å²) in [7, 11) is -2.98. The number of carbonyl (C=O) groups is 1. The third-order valence-electron chi connectivity index (χ3n) is 5.99. The van der Waals surface area contributed by atoms with Gasteiger partial charge in [0.05, 0.1) is 29.8 Å². The Bertz CT molecular complexity index is 1100. The minimum absolute atomic E-state index is 0.0545. The Morgan fingerprint density at radius 2 is 2.17 bits per heavy atom. The smallest absolute Gasteiger partial charge is 0.276 e. The van der Waals surface area contributed by atoms with Gasteiger partial charge in [-0.15, -0.1) is 0 Å². The second-order valence-corrected chi connectivity index (χ2v) is 10.2. The summed E-state index contributed by atoms with van der Waals surface area (Å²) < 4.78 is 24.6. The molecule has 2 fully saturated rings. The molecule has 2 unspecified atom stereocenters. The fourth-order valence-electron chi connectivity index (χ4n) is 4.44. The normalized spacial score (nSPS) is 23.9. The molecule has 0 bridgehead atoms. The first-order valence-electron chi connectivity index (χ1n) is 10.1. The zero-order valence-electron chi connectivity index (χ0n) is 16.8. The Morgan fingerprint density at radius 1 is 1.38 bits per heavy atom. The molecule has 2 N–H and O–H groups in total. The summed E-state index contributed by atoms with van der Waals surface area (Å²) in [6.07, 6.45) is 2.86. The quantitative estimate of drug-likeness (QED) is 0.719. The summed E-state index contributed by atoms with van der Waals surface area (Å²) in [5.74, 6) is 0.224. The molecule has 10 heteroatoms. The molecule has 4 rings (SSSR count). The highest BCUT2D eigenvalue weighted by atomic mass is 32.2. The molecule has 2 aromatic rings. The molecule has 0 aromatic carbocycles. The van der Waals surface area contributed by atoms with E-state index < -0.39 is 9.84 Å². The standard InChI is InChI=1S/C19H27N5O4S/c1-3-14-12(2)21-17-9-15(22-24(17)19(14)26)16-5-4-7-23(16)18(25)10-20-13-6-8-29(27,28)11-13/h9,13,16,20,22H,3-8,10-11H2,1-2H3. The molecule has 0 spiro atoms. The molecule has 2 atom stereocenters. The molecule has 2 saturated heterocycles. The van der Waals surface area contributed by atoms with E-state index in [1.807, 2.05) is 19.9 Å². The average Bonchev–Trinajstić information content (AvgIpc) is 3.37. The van der Waals surface area contributed by atoms with E-state index in [-0.39, 0.29) is 41.6 Å². The molecule has 0 aliphatic carbocycles. The zero-order chi connectivity index (χ0) is 20.8. The lowest BCUT2D eigenvalue weighted by Crippen LogP contribution is -2.42. The summed E-state index contributed by atoms with van der Waals surface area (Å²) >= 11 is 0. The number of nitrogens with zero attached hydrogens (tertiary/aromatic N) is 3. The van der Waals surface area contributed by atoms with Crippen LogP contribution < -0.4 is 10.9 Å². The first-order valence-corrected chi connectivity index (χ1v) is 12.0. The second-order valence-electron chi connectivity index (χ2n) is 7.97. The molecule has 0 radical (unpaired) electrons. The molecule has 2 aromatic heterocycles. The van der Waals surface area contributed by atoms with E-state index in [1.165, 1.54) is 4.52 Å². The number of hydrogen-bond acceptors (Lipinski definition) is 6. The van der Waals surface area contributed by atoms with Crippen LogP contribution in [0.1, 0.15) is 49.2 Å². The van der Waals surface area contributed by atoms with E-state index in [1.54, 1.807) is 4.90 Å². The van der Waals surface area contributed by atoms with Crippen molar-refractivity contribution in [1.82, 2.24) is 24.8 Å². The topological polar surface area (TPSA) is 117 Å². The largest absolute Gasteiger partial charge is 0.333 e. The fourth-order valence-corrected chi connectivity index (χ4v) is 6.15. The van der Waals surface area contributed by atoms with Crippen molar-refractivity contribution in [3.05, 3.63) is 33.4 Å². The Kier molecular flexibility index (Phi) is 5.24. The lowest BCUT2D eigenvalue weighted by molar-refractivity contribution is -0.131. The molecule has 2 aliphatic heterocycles. The van der Waals surface area contributed by atoms with Gasteiger partial charge in [-0.25, -0.2) is 17.9 Å². The lowest BCUT2D eigenvalue weighted by Gasteiger charge is -2.24. The highest BCUT2D eigenvalue weighted by molar-refractivity contribution is 7.91. The monoisotopic (exact) mass is 421 g/mol. The average molecular weight is 422 g/mol. The maximum atomic E-state index is 12.8. The SMILES string of the molecule is CCc1c(C)nc2cc(C3CCCN3C(=O)CNC3CCS(=O)(=O)C3)[nH]n2c1=O. The number of sulfone groups is 1. The van der Waals surface area contributed by atoms with Gasteiger partial charge in [0.1, 0.15) is 0 Å². The Balaban J connectivity index is 1.51. The predicted molar refractivity (Wildman–Crippen MR) is 109 cm³/mol. The van der Waals surface area contributed by atoms with Crippen LogP contribution in [0.5, 0.6) is 0 Å². The summed E-state index contributed by atoms with van der Waals surface area (Å²) in [5.41, 5.74) is 2.69. The fraction of sp³-hybridized carbons (Fsp3) is 0.632. The van der Waals surface area contributed by atoms with E-state index >= 15 is 0 Å². The van der Waals surface area contributed by atoms with E-state index in [2.05, 4.69) is 15.4 Å². The number of aromatic nitrogens is 3. The van der Waals surface area contributed by atoms with Crippen molar-refractivity contribution in [1.29, 1.82) is 0 Å². The van der Waals surface area contributed by atoms with Gasteiger partial charge in [-0.05, 0) is 32.6 Å². The van der Waals surface area contributed by atoms with Crippen molar-refractivity contribution in [2.45, 2.75) is 51.6 Å². The van der Waals surface area contributed by atoms with Crippen LogP contribution >= 0.6 is 0 Å². The molecule has 29 heavy (non-hydrogen) atoms. The molecule has 2 aliphatic rings. The molecule has 0 saturated carbocycles. The number of nitrogens with one attached hydrogen (secondary N) is 2. The van der Waals surface area contributed by atoms with E-state index in [0.29, 0.717) is 30.6 Å². The number of hydrogen-bond donors (Lipinski definition) is 2. The maximum Gasteiger partial charge on any atom is 0.276 e. The van der Waals surface area contributed by atoms with Crippen LogP contribution in [0.25, 0.3) is 5.65 Å². The molecule has 9 nitrogen and oxygen atoms in total. The van der Waals surface area contributed by atoms with E-state index in [9.17, 15) is 18.0 Å². The Morgan fingerprint density at radius 3 is 2.86 bits per heavy atom. The van der Waals surface area contributed by atoms with Gasteiger partial charge in [0.25, 0.3) is 5.56 Å². The minimum Gasteiger partial charge on any atom is -0.333 e. The third-order valence-corrected chi connectivity index (χ3v) is 7.76. The van der Waals surface area contributed by atoms with Gasteiger partial charge in [-0.1, -0.05) is 6.92 Å². The maximum absolute atomic E-state index is 12.8. The van der Waals surface area contributed by atoms with Crippen molar-refractivity contribution in [3.63, 3.8) is 0 Å². The van der Waals surface area contributed by atoms with Crippen molar-refractivity contribution < 1.29 is 13.2 Å². The van der Waals surface area contributed by atoms with Gasteiger partial charge < -0.3 is 10.2 Å². The minimum atomic E-state index is -2.98. The number of likely N-dealkylation sites (tertiary alicyclic amines) is 1. The number of H-pyrrole nitrogens is 1. The molecule has 1 amide bonds. The van der Waals surface area contributed by atoms with Gasteiger partial charge in [-0.2, -0.15) is 0 Å². The number of rotatable bonds is 5. The summed E-state index contributed by atoms with van der Waals surface area (Å²) in [6, 6.07) is 1.56. The molecular weight excluding hydrogens is 394 g/mol. The predicted octanol–water partition coefficient (Wildman–Crippen LogP) is 0.334. The Labute approximate surface area is 169 Å². The number of amides is 1. The highest BCUT2D eigenvalue weighted by Gasteiger charge is 2.33. The lowest BCUT2D eigenvalue weighted by atomic mass is 10.1. The third kappa shape index (κ3) is 3.83. The van der Waals surface area contributed by atoms with Crippen LogP contribution in [-0.2, 0) is 21.1 Å². The molecule has 158 valence electrons. The van der Waals surface area contributed by atoms with Crippen LogP contribution in [0.15, 0.2) is 10.9 Å². The van der Waals surface area contributed by atoms with E-state index in [0.717, 1.165) is 24.2 Å². The first kappa shape index (κ1) is 20.1. The number of fused-ring (bicyclic) bond motifs is 1. The molecule has 4 heterocycles. The summed E-state index contributed by atoms with van der Waals surface area (Å²) in [4.78, 5) is 31.8. The zero-order valence-corrected chi connectivity index (χ0v) is 17.6. The van der Waals surface area contributed by atoms with Crippen LogP contribution in [0, 0.1) is 6.92 Å². The van der Waals surface area contributed by atoms with Gasteiger partial charge in [-0.3, -0.25) is 14.7 Å². The van der Waals surface area contributed by atoms with Crippen molar-refractivity contribution in [2.75, 3.05) is 24.6 Å². The Hall–Kier alpha value is -2.20. The van der Waals surface area contributed by atoms with Crippen molar-refractivity contribution in [2.24, 2.45) is 0 Å². The summed E-state index contributed by atoms with van der Waals surface area (Å²) in [5, 5.41) is 6.24. The number of aryl methyl sites for hydroxylation is 1. The van der Waals surface area contributed by atoms with E-state index in [4.69, 9.17) is 0 Å². The van der Waals surface area contributed by atoms with Crippen LogP contribution in [0.3, 0.4) is 0 Å². The first-order chi connectivity index (χ1) is 13.8. The van der Waals surface area contributed by atoms with Crippen molar-refractivity contribution >= 4 is 21.4 Å². The van der Waals surface area contributed by atoms with Gasteiger partial charge in [0.2, 0.25) is 5.91 Å². The van der Waals surface area contributed by atoms with Gasteiger partial charge >= 0.3 is 0 Å². The highest BCUT2D eigenvalue weighted by Crippen LogP contribution is 2.31. The van der Waals surface area contributed by atoms with Crippen molar-refractivity contribution in [3.8, 4) is 0 Å². The van der Waals surface area contributed by atoms with Crippen LogP contribution in [0.2, 0.25) is 0 Å². The second kappa shape index (κ2) is 7.56. The molecular formula is C19H27N5O4S. The van der Waals surface area contributed by atoms with Crippen LogP contribution in [-0.4, -0.2) is 64.5 Å². The van der Waals surface area contributed by atoms with Crippen LogP contribution in [0.4, 0.5) is 0 Å². The summed E-state index contributed by atoms with van der Waals surface area (Å²) in [6.45, 7) is 4.54. The number of carbonyl (C=O) groups excluding carboxylic acids is 1. The number of aromatic amines is 1.